The zero-order valence-electron chi connectivity index (χ0n) is 19.7. The molecule has 0 spiro atoms. The van der Waals surface area contributed by atoms with Crippen LogP contribution in [0.3, 0.4) is 0 Å². The number of ether oxygens (including phenoxy) is 1. The first-order chi connectivity index (χ1) is 17.3. The van der Waals surface area contributed by atoms with Crippen molar-refractivity contribution in [2.75, 3.05) is 12.4 Å². The van der Waals surface area contributed by atoms with Gasteiger partial charge in [0.25, 0.3) is 0 Å². The molecule has 0 atom stereocenters. The van der Waals surface area contributed by atoms with Crippen LogP contribution >= 0.6 is 11.6 Å². The lowest BCUT2D eigenvalue weighted by molar-refractivity contribution is -0.136. The Morgan fingerprint density at radius 3 is 2.38 bits per heavy atom. The number of alkyl halides is 3. The van der Waals surface area contributed by atoms with Gasteiger partial charge in [0, 0.05) is 22.5 Å². The van der Waals surface area contributed by atoms with E-state index in [4.69, 9.17) is 16.3 Å². The average Bonchev–Trinajstić information content (AvgIpc) is 3.12. The molecule has 0 unspecified atom stereocenters. The number of hydrogen-bond donors (Lipinski definition) is 1. The number of carbonyl (C=O) groups is 1. The largest absolute Gasteiger partial charge is 0.497 e. The van der Waals surface area contributed by atoms with E-state index >= 15 is 0 Å². The van der Waals surface area contributed by atoms with E-state index in [1.54, 1.807) is 0 Å². The van der Waals surface area contributed by atoms with Crippen LogP contribution in [0.15, 0.2) is 58.3 Å². The van der Waals surface area contributed by atoms with Gasteiger partial charge in [0.05, 0.1) is 33.5 Å². The van der Waals surface area contributed by atoms with Crippen molar-refractivity contribution < 1.29 is 31.1 Å². The Kier molecular flexibility index (Phi) is 6.91. The topological polar surface area (TPSA) is 103 Å². The van der Waals surface area contributed by atoms with Crippen LogP contribution in [0.1, 0.15) is 17.0 Å². The van der Waals surface area contributed by atoms with Gasteiger partial charge in [-0.1, -0.05) is 11.6 Å². The summed E-state index contributed by atoms with van der Waals surface area (Å²) in [6, 6.07) is 10.5. The number of halogens is 4. The standard InChI is InChI=1S/C24H20ClF3N4O4S/c1-13-8-20(24(26,27)28)22-14(2)31-32(23(22)29-13)12-21(33)30-16-9-17(36-3)11-19(10-16)37(34,35)18-6-4-15(25)5-7-18/h4-11H,12H2,1-3H3,(H,30,33). The Hall–Kier alpha value is -3.64. The molecule has 8 nitrogen and oxygen atoms in total. The third kappa shape index (κ3) is 5.39. The first-order valence-electron chi connectivity index (χ1n) is 10.7. The molecule has 0 aliphatic heterocycles. The second kappa shape index (κ2) is 9.67. The second-order valence-corrected chi connectivity index (χ2v) is 10.5. The van der Waals surface area contributed by atoms with Crippen LogP contribution in [0.2, 0.25) is 5.02 Å². The lowest BCUT2D eigenvalue weighted by atomic mass is 10.1. The SMILES string of the molecule is COc1cc(NC(=O)Cn2nc(C)c3c(C(F)(F)F)cc(C)nc32)cc(S(=O)(=O)c2ccc(Cl)cc2)c1. The summed E-state index contributed by atoms with van der Waals surface area (Å²) in [5.74, 6) is -0.498. The normalized spacial score (nSPS) is 12.1. The summed E-state index contributed by atoms with van der Waals surface area (Å²) >= 11 is 5.85. The molecule has 0 fully saturated rings. The fourth-order valence-electron chi connectivity index (χ4n) is 3.82. The fraction of sp³-hybridized carbons (Fsp3) is 0.208. The van der Waals surface area contributed by atoms with Gasteiger partial charge in [0.1, 0.15) is 12.3 Å². The molecule has 2 aromatic heterocycles. The fourth-order valence-corrected chi connectivity index (χ4v) is 5.26. The van der Waals surface area contributed by atoms with Crippen molar-refractivity contribution in [3.8, 4) is 5.75 Å². The minimum atomic E-state index is -4.63. The van der Waals surface area contributed by atoms with Crippen LogP contribution in [0.5, 0.6) is 5.75 Å². The first-order valence-corrected chi connectivity index (χ1v) is 12.6. The molecule has 1 N–H and O–H groups in total. The zero-order chi connectivity index (χ0) is 27.1. The molecule has 1 amide bonds. The highest BCUT2D eigenvalue weighted by atomic mass is 35.5. The molecule has 4 aromatic rings. The summed E-state index contributed by atoms with van der Waals surface area (Å²) in [6.45, 7) is 2.36. The summed E-state index contributed by atoms with van der Waals surface area (Å²) in [7, 11) is -2.64. The van der Waals surface area contributed by atoms with Gasteiger partial charge in [0.2, 0.25) is 15.7 Å². The third-order valence-corrected chi connectivity index (χ3v) is 7.44. The van der Waals surface area contributed by atoms with Gasteiger partial charge < -0.3 is 10.1 Å². The highest BCUT2D eigenvalue weighted by molar-refractivity contribution is 7.91. The first kappa shape index (κ1) is 26.4. The zero-order valence-corrected chi connectivity index (χ0v) is 21.3. The van der Waals surface area contributed by atoms with E-state index in [1.807, 2.05) is 0 Å². The van der Waals surface area contributed by atoms with E-state index in [0.29, 0.717) is 5.02 Å². The van der Waals surface area contributed by atoms with E-state index < -0.39 is 34.0 Å². The Morgan fingerprint density at radius 2 is 1.76 bits per heavy atom. The maximum atomic E-state index is 13.6. The lowest BCUT2D eigenvalue weighted by Gasteiger charge is -2.12. The van der Waals surface area contributed by atoms with E-state index in [2.05, 4.69) is 15.4 Å². The molecule has 2 heterocycles. The molecule has 0 aliphatic carbocycles. The summed E-state index contributed by atoms with van der Waals surface area (Å²) < 4.78 is 73.2. The molecule has 0 saturated heterocycles. The molecule has 4 rings (SSSR count). The third-order valence-electron chi connectivity index (χ3n) is 5.44. The molecule has 37 heavy (non-hydrogen) atoms. The number of methoxy groups -OCH3 is 1. The maximum absolute atomic E-state index is 13.6. The monoisotopic (exact) mass is 552 g/mol. The number of aryl methyl sites for hydroxylation is 2. The van der Waals surface area contributed by atoms with Crippen LogP contribution in [0.4, 0.5) is 18.9 Å². The number of aromatic nitrogens is 3. The number of nitrogens with zero attached hydrogens (tertiary/aromatic N) is 3. The molecule has 0 bridgehead atoms. The maximum Gasteiger partial charge on any atom is 0.417 e. The van der Waals surface area contributed by atoms with Gasteiger partial charge in [-0.25, -0.2) is 18.1 Å². The van der Waals surface area contributed by atoms with E-state index in [9.17, 15) is 26.4 Å². The number of sulfone groups is 1. The van der Waals surface area contributed by atoms with Crippen molar-refractivity contribution in [2.45, 2.75) is 36.4 Å². The summed E-state index contributed by atoms with van der Waals surface area (Å²) in [4.78, 5) is 16.8. The summed E-state index contributed by atoms with van der Waals surface area (Å²) in [6.07, 6.45) is -4.63. The van der Waals surface area contributed by atoms with Gasteiger partial charge in [-0.05, 0) is 56.3 Å². The predicted molar refractivity (Wildman–Crippen MR) is 131 cm³/mol. The Balaban J connectivity index is 1.66. The molecule has 0 saturated carbocycles. The molecule has 13 heteroatoms. The molecule has 2 aromatic carbocycles. The Bertz CT molecular complexity index is 1620. The average molecular weight is 553 g/mol. The number of amides is 1. The number of carbonyl (C=O) groups excluding carboxylic acids is 1. The van der Waals surface area contributed by atoms with Gasteiger partial charge in [0.15, 0.2) is 5.65 Å². The van der Waals surface area contributed by atoms with Crippen LogP contribution in [0.25, 0.3) is 11.0 Å². The van der Waals surface area contributed by atoms with Gasteiger partial charge in [-0.2, -0.15) is 18.3 Å². The number of nitrogens with one attached hydrogen (secondary N) is 1. The van der Waals surface area contributed by atoms with Gasteiger partial charge >= 0.3 is 6.18 Å². The number of hydrogen-bond acceptors (Lipinski definition) is 6. The molecule has 0 radical (unpaired) electrons. The predicted octanol–water partition coefficient (Wildman–Crippen LogP) is 5.20. The molecular formula is C24H20ClF3N4O4S. The van der Waals surface area contributed by atoms with Crippen LogP contribution in [-0.4, -0.2) is 36.2 Å². The van der Waals surface area contributed by atoms with Crippen molar-refractivity contribution in [2.24, 2.45) is 0 Å². The highest BCUT2D eigenvalue weighted by Gasteiger charge is 2.35. The molecular weight excluding hydrogens is 533 g/mol. The van der Waals surface area contributed by atoms with E-state index in [0.717, 1.165) is 10.7 Å². The number of rotatable bonds is 6. The smallest absolute Gasteiger partial charge is 0.417 e. The van der Waals surface area contributed by atoms with E-state index in [-0.39, 0.29) is 43.6 Å². The van der Waals surface area contributed by atoms with Crippen molar-refractivity contribution in [3.05, 3.63) is 70.5 Å². The van der Waals surface area contributed by atoms with Gasteiger partial charge in [-0.3, -0.25) is 4.79 Å². The van der Waals surface area contributed by atoms with Crippen LogP contribution < -0.4 is 10.1 Å². The minimum absolute atomic E-state index is 0.0113. The number of benzene rings is 2. The number of anilines is 1. The molecule has 0 aliphatic rings. The second-order valence-electron chi connectivity index (χ2n) is 8.15. The Labute approximate surface area is 214 Å². The van der Waals surface area contributed by atoms with Gasteiger partial charge in [-0.15, -0.1) is 0 Å². The molecule has 194 valence electrons. The number of pyridine rings is 1. The summed E-state index contributed by atoms with van der Waals surface area (Å²) in [5.41, 5.74) is -0.683. The summed E-state index contributed by atoms with van der Waals surface area (Å²) in [5, 5.41) is 6.82. The quantitative estimate of drug-likeness (QED) is 0.353. The van der Waals surface area contributed by atoms with Crippen molar-refractivity contribution in [1.29, 1.82) is 0 Å². The van der Waals surface area contributed by atoms with E-state index in [1.165, 1.54) is 63.4 Å². The van der Waals surface area contributed by atoms with Crippen molar-refractivity contribution in [3.63, 3.8) is 0 Å². The minimum Gasteiger partial charge on any atom is -0.497 e. The van der Waals surface area contributed by atoms with Crippen molar-refractivity contribution >= 4 is 44.1 Å². The van der Waals surface area contributed by atoms with Crippen LogP contribution in [0, 0.1) is 13.8 Å². The Morgan fingerprint density at radius 1 is 1.08 bits per heavy atom. The highest BCUT2D eigenvalue weighted by Crippen LogP contribution is 2.36. The van der Waals surface area contributed by atoms with Crippen molar-refractivity contribution in [1.82, 2.24) is 14.8 Å². The van der Waals surface area contributed by atoms with Crippen LogP contribution in [-0.2, 0) is 27.4 Å². The lowest BCUT2D eigenvalue weighted by Crippen LogP contribution is -2.20. The number of fused-ring (bicyclic) bond motifs is 1.